The lowest BCUT2D eigenvalue weighted by Gasteiger charge is -2.16. The van der Waals surface area contributed by atoms with Gasteiger partial charge in [-0.1, -0.05) is 46.9 Å². The van der Waals surface area contributed by atoms with Gasteiger partial charge in [-0.15, -0.1) is 5.10 Å². The van der Waals surface area contributed by atoms with Crippen molar-refractivity contribution in [2.75, 3.05) is 0 Å². The highest BCUT2D eigenvalue weighted by atomic mass is 35.5. The Balaban J connectivity index is 1.83. The lowest BCUT2D eigenvalue weighted by Crippen LogP contribution is -2.37. The summed E-state index contributed by atoms with van der Waals surface area (Å²) in [6.45, 7) is -0.170. The van der Waals surface area contributed by atoms with Crippen LogP contribution in [0, 0.1) is 5.82 Å². The van der Waals surface area contributed by atoms with E-state index in [2.05, 4.69) is 10.1 Å². The molecule has 1 unspecified atom stereocenters. The minimum absolute atomic E-state index is 0.0179. The largest absolute Gasteiger partial charge is 0.416 e. The lowest BCUT2D eigenvalue weighted by molar-refractivity contribution is -0.207. The lowest BCUT2D eigenvalue weighted by atomic mass is 10.1. The van der Waals surface area contributed by atoms with E-state index in [4.69, 9.17) is 34.8 Å². The van der Waals surface area contributed by atoms with Crippen molar-refractivity contribution >= 4 is 34.8 Å². The number of hydrogen-bond donors (Lipinski definition) is 2. The van der Waals surface area contributed by atoms with Gasteiger partial charge in [-0.05, 0) is 37.3 Å². The molecule has 4 aromatic rings. The first kappa shape index (κ1) is 28.1. The van der Waals surface area contributed by atoms with Crippen molar-refractivity contribution in [1.29, 1.82) is 0 Å². The number of aliphatic hydroxyl groups is 2. The zero-order valence-electron chi connectivity index (χ0n) is 19.3. The van der Waals surface area contributed by atoms with Gasteiger partial charge in [0.2, 0.25) is 0 Å². The summed E-state index contributed by atoms with van der Waals surface area (Å²) in [5.74, 6) is -0.759. The molecule has 0 aliphatic rings. The topological polar surface area (TPSA) is 98.1 Å². The molecule has 38 heavy (non-hydrogen) atoms. The predicted molar refractivity (Wildman–Crippen MR) is 132 cm³/mol. The number of imidazole rings is 1. The van der Waals surface area contributed by atoms with Gasteiger partial charge in [0.1, 0.15) is 17.1 Å². The van der Waals surface area contributed by atoms with E-state index in [0.717, 1.165) is 21.4 Å². The van der Waals surface area contributed by atoms with E-state index in [1.165, 1.54) is 37.3 Å². The number of benzene rings is 2. The molecule has 0 saturated heterocycles. The van der Waals surface area contributed by atoms with Gasteiger partial charge >= 0.3 is 11.9 Å². The molecule has 2 heterocycles. The van der Waals surface area contributed by atoms with Crippen LogP contribution in [0.1, 0.15) is 24.7 Å². The van der Waals surface area contributed by atoms with E-state index < -0.39 is 43.0 Å². The molecule has 0 aliphatic heterocycles. The Morgan fingerprint density at radius 2 is 1.66 bits per heavy atom. The van der Waals surface area contributed by atoms with Crippen LogP contribution >= 0.6 is 34.8 Å². The monoisotopic (exact) mass is 593 g/mol. The maximum atomic E-state index is 13.9. The van der Waals surface area contributed by atoms with Gasteiger partial charge in [0.25, 0.3) is 0 Å². The zero-order valence-corrected chi connectivity index (χ0v) is 21.6. The average molecular weight is 595 g/mol. The van der Waals surface area contributed by atoms with Gasteiger partial charge in [0, 0.05) is 15.6 Å². The van der Waals surface area contributed by atoms with Crippen LogP contribution in [0.5, 0.6) is 0 Å². The van der Waals surface area contributed by atoms with Crippen LogP contribution in [-0.2, 0) is 13.1 Å². The molecule has 4 rings (SSSR count). The van der Waals surface area contributed by atoms with Crippen molar-refractivity contribution in [1.82, 2.24) is 23.9 Å². The van der Waals surface area contributed by atoms with E-state index in [-0.39, 0.29) is 38.8 Å². The first-order valence-corrected chi connectivity index (χ1v) is 12.0. The van der Waals surface area contributed by atoms with Crippen LogP contribution in [0.2, 0.25) is 15.2 Å². The van der Waals surface area contributed by atoms with Crippen LogP contribution in [-0.4, -0.2) is 46.4 Å². The molecule has 2 aromatic carbocycles. The maximum absolute atomic E-state index is 13.9. The number of rotatable bonds is 7. The third-order valence-electron chi connectivity index (χ3n) is 5.46. The van der Waals surface area contributed by atoms with Crippen LogP contribution in [0.15, 0.2) is 47.3 Å². The van der Waals surface area contributed by atoms with Gasteiger partial charge in [-0.2, -0.15) is 13.2 Å². The van der Waals surface area contributed by atoms with Gasteiger partial charge in [-0.25, -0.2) is 18.9 Å². The average Bonchev–Trinajstić information content (AvgIpc) is 3.34. The normalized spacial score (nSPS) is 13.6. The fraction of sp³-hybridized carbons (Fsp3) is 0.261. The summed E-state index contributed by atoms with van der Waals surface area (Å²) in [6.07, 6.45) is -9.03. The third-order valence-corrected chi connectivity index (χ3v) is 6.31. The molecular weight excluding hydrogens is 577 g/mol. The molecule has 2 N–H and O–H groups in total. The second kappa shape index (κ2) is 10.7. The van der Waals surface area contributed by atoms with Gasteiger partial charge < -0.3 is 10.2 Å². The van der Waals surface area contributed by atoms with Crippen molar-refractivity contribution in [3.8, 4) is 16.9 Å². The van der Waals surface area contributed by atoms with Crippen molar-refractivity contribution in [3.63, 3.8) is 0 Å². The fourth-order valence-electron chi connectivity index (χ4n) is 3.73. The zero-order chi connectivity index (χ0) is 27.9. The standard InChI is InChI=1S/C23H18Cl3F4N5O3/c1-11(36)21-31-18(32-35(21)16-7-14(25)6-15(27)8-16)10-34-20(26)19(12-2-4-13(24)5-3-12)33(22(34)38)9-17(37)23(28,29)30/h2-8,11,17,36-37H,9-10H2,1H3/t11-,17?/m0/s1. The summed E-state index contributed by atoms with van der Waals surface area (Å²) < 4.78 is 56.1. The highest BCUT2D eigenvalue weighted by molar-refractivity contribution is 6.32. The van der Waals surface area contributed by atoms with Gasteiger partial charge in [0.15, 0.2) is 17.8 Å². The summed E-state index contributed by atoms with van der Waals surface area (Å²) >= 11 is 18.3. The molecule has 2 atom stereocenters. The number of aromatic nitrogens is 5. The van der Waals surface area contributed by atoms with Crippen molar-refractivity contribution in [2.24, 2.45) is 0 Å². The molecule has 0 bridgehead atoms. The minimum Gasteiger partial charge on any atom is -0.385 e. The summed E-state index contributed by atoms with van der Waals surface area (Å²) in [5.41, 5.74) is -0.672. The summed E-state index contributed by atoms with van der Waals surface area (Å²) in [4.78, 5) is 17.5. The summed E-state index contributed by atoms with van der Waals surface area (Å²) in [6, 6.07) is 9.38. The highest BCUT2D eigenvalue weighted by Gasteiger charge is 2.39. The van der Waals surface area contributed by atoms with Crippen molar-refractivity contribution < 1.29 is 27.8 Å². The minimum atomic E-state index is -5.00. The predicted octanol–water partition coefficient (Wildman–Crippen LogP) is 5.02. The molecule has 0 fully saturated rings. The Hall–Kier alpha value is -2.90. The number of alkyl halides is 3. The number of halogens is 7. The second-order valence-corrected chi connectivity index (χ2v) is 9.52. The highest BCUT2D eigenvalue weighted by Crippen LogP contribution is 2.31. The summed E-state index contributed by atoms with van der Waals surface area (Å²) in [7, 11) is 0. The molecule has 0 saturated carbocycles. The van der Waals surface area contributed by atoms with Gasteiger partial charge in [-0.3, -0.25) is 9.13 Å². The Morgan fingerprint density at radius 1 is 1.00 bits per heavy atom. The maximum Gasteiger partial charge on any atom is 0.416 e. The van der Waals surface area contributed by atoms with E-state index >= 15 is 0 Å². The van der Waals surface area contributed by atoms with Crippen LogP contribution < -0.4 is 5.69 Å². The Morgan fingerprint density at radius 3 is 2.24 bits per heavy atom. The fourth-order valence-corrected chi connectivity index (χ4v) is 4.41. The molecular formula is C23H18Cl3F4N5O3. The Kier molecular flexibility index (Phi) is 7.91. The first-order valence-electron chi connectivity index (χ1n) is 10.9. The van der Waals surface area contributed by atoms with Gasteiger partial charge in [0.05, 0.1) is 24.5 Å². The number of aliphatic hydroxyl groups excluding tert-OH is 2. The quantitative estimate of drug-likeness (QED) is 0.293. The molecule has 0 amide bonds. The van der Waals surface area contributed by atoms with Crippen LogP contribution in [0.3, 0.4) is 0 Å². The Labute approximate surface area is 227 Å². The van der Waals surface area contributed by atoms with E-state index in [9.17, 15) is 32.6 Å². The first-order chi connectivity index (χ1) is 17.8. The molecule has 0 spiro atoms. The second-order valence-electron chi connectivity index (χ2n) is 8.28. The SMILES string of the molecule is C[C@H](O)c1nc(Cn2c(Cl)c(-c3ccc(Cl)cc3)n(CC(O)C(F)(F)F)c2=O)nn1-c1cc(F)cc(Cl)c1. The molecule has 0 aliphatic carbocycles. The number of hydrogen-bond acceptors (Lipinski definition) is 5. The van der Waals surface area contributed by atoms with E-state index in [0.29, 0.717) is 9.59 Å². The van der Waals surface area contributed by atoms with Crippen molar-refractivity contribution in [3.05, 3.63) is 85.6 Å². The van der Waals surface area contributed by atoms with Crippen LogP contribution in [0.25, 0.3) is 16.9 Å². The Bertz CT molecular complexity index is 1510. The third kappa shape index (κ3) is 5.74. The van der Waals surface area contributed by atoms with E-state index in [1.807, 2.05) is 0 Å². The van der Waals surface area contributed by atoms with Crippen LogP contribution in [0.4, 0.5) is 17.6 Å². The molecule has 2 aromatic heterocycles. The van der Waals surface area contributed by atoms with Crippen molar-refractivity contribution in [2.45, 2.75) is 38.4 Å². The smallest absolute Gasteiger partial charge is 0.385 e. The molecule has 15 heteroatoms. The molecule has 8 nitrogen and oxygen atoms in total. The molecule has 202 valence electrons. The number of nitrogens with zero attached hydrogens (tertiary/aromatic N) is 5. The molecule has 0 radical (unpaired) electrons. The summed E-state index contributed by atoms with van der Waals surface area (Å²) in [5, 5.41) is 24.3. The van der Waals surface area contributed by atoms with E-state index in [1.54, 1.807) is 0 Å².